The number of imidazole rings is 1. The first-order valence-electron chi connectivity index (χ1n) is 15.8. The maximum absolute atomic E-state index is 12.6. The molecule has 0 bridgehead atoms. The maximum atomic E-state index is 12.6. The van der Waals surface area contributed by atoms with Crippen molar-refractivity contribution in [2.24, 2.45) is 10.8 Å². The van der Waals surface area contributed by atoms with Gasteiger partial charge in [0.05, 0.1) is 18.7 Å². The van der Waals surface area contributed by atoms with E-state index < -0.39 is 6.10 Å². The van der Waals surface area contributed by atoms with Gasteiger partial charge in [0.1, 0.15) is 35.1 Å². The van der Waals surface area contributed by atoms with Crippen molar-refractivity contribution in [1.82, 2.24) is 20.3 Å². The summed E-state index contributed by atoms with van der Waals surface area (Å²) in [5.74, 6) is 1.46. The van der Waals surface area contributed by atoms with Crippen molar-refractivity contribution >= 4 is 52.6 Å². The van der Waals surface area contributed by atoms with Gasteiger partial charge in [-0.05, 0) is 48.1 Å². The standard InChI is InChI=1S/C33H51N6O4S.K/c1-6-7-12-27-38-28-24-14-13-23(18-25(24)37-30(34)29(28)39-27)11-9-8-10-16-35-31(41)26(19-44)43-36-20-33(4,5)22-42-21-32(2,3)15-17-40;/h13-14,17-18,26,44H,6-12,15-16,19-22H2,1-5H3,(H2,34,37)(H,35,41)(H,38,39);/q-1;+1. The number of H-pyrrole nitrogens is 1. The molecule has 3 rings (SSSR count). The van der Waals surface area contributed by atoms with Crippen LogP contribution >= 0.6 is 12.6 Å². The Kier molecular flexibility index (Phi) is 17.5. The molecule has 0 spiro atoms. The first-order chi connectivity index (χ1) is 21.0. The molecule has 1 atom stereocenters. The Hall–Kier alpha value is -1.09. The number of ether oxygens (including phenoxy) is 1. The summed E-state index contributed by atoms with van der Waals surface area (Å²) >= 11 is 4.28. The molecular formula is C33H51KN6O4S. The van der Waals surface area contributed by atoms with Crippen LogP contribution in [0.4, 0.5) is 5.82 Å². The van der Waals surface area contributed by atoms with Crippen LogP contribution in [0.2, 0.25) is 0 Å². The van der Waals surface area contributed by atoms with Crippen LogP contribution in [-0.4, -0.2) is 65.3 Å². The van der Waals surface area contributed by atoms with E-state index in [2.05, 4.69) is 58.5 Å². The Morgan fingerprint density at radius 2 is 1.87 bits per heavy atom. The van der Waals surface area contributed by atoms with E-state index in [0.29, 0.717) is 38.5 Å². The number of aromatic amines is 1. The fourth-order valence-corrected chi connectivity index (χ4v) is 5.06. The number of unbranched alkanes of at least 4 members (excludes halogenated alkanes) is 3. The number of fused-ring (bicyclic) bond motifs is 3. The molecule has 0 radical (unpaired) electrons. The summed E-state index contributed by atoms with van der Waals surface area (Å²) in [7, 11) is 0. The average molecular weight is 667 g/mol. The number of anilines is 1. The first kappa shape index (κ1) is 40.1. The van der Waals surface area contributed by atoms with Crippen LogP contribution in [0.15, 0.2) is 18.2 Å². The van der Waals surface area contributed by atoms with E-state index >= 15 is 0 Å². The number of thiol groups is 1. The molecule has 0 aliphatic carbocycles. The number of carbonyl (C=O) groups excluding carboxylic acids is 2. The molecule has 2 aromatic heterocycles. The molecule has 4 N–H and O–H groups in total. The first-order valence-corrected chi connectivity index (χ1v) is 16.4. The van der Waals surface area contributed by atoms with Crippen LogP contribution < -0.4 is 62.4 Å². The van der Waals surface area contributed by atoms with E-state index in [-0.39, 0.29) is 73.9 Å². The van der Waals surface area contributed by atoms with Crippen molar-refractivity contribution in [3.8, 4) is 0 Å². The summed E-state index contributed by atoms with van der Waals surface area (Å²) in [6.45, 7) is 12.1. The minimum atomic E-state index is -0.747. The number of nitrogens with zero attached hydrogens (tertiary/aromatic N) is 3. The van der Waals surface area contributed by atoms with Crippen molar-refractivity contribution in [3.63, 3.8) is 0 Å². The van der Waals surface area contributed by atoms with Gasteiger partial charge in [-0.15, -0.1) is 6.54 Å². The van der Waals surface area contributed by atoms with Crippen LogP contribution in [-0.2, 0) is 32.0 Å². The van der Waals surface area contributed by atoms with Crippen LogP contribution in [0.25, 0.3) is 27.4 Å². The van der Waals surface area contributed by atoms with E-state index in [1.165, 1.54) is 5.56 Å². The van der Waals surface area contributed by atoms with Gasteiger partial charge in [-0.1, -0.05) is 59.6 Å². The minimum Gasteiger partial charge on any atom is -0.533 e. The number of amides is 1. The predicted molar refractivity (Wildman–Crippen MR) is 181 cm³/mol. The molecule has 45 heavy (non-hydrogen) atoms. The normalized spacial score (nSPS) is 12.8. The third kappa shape index (κ3) is 13.1. The second-order valence-corrected chi connectivity index (χ2v) is 13.6. The van der Waals surface area contributed by atoms with Crippen molar-refractivity contribution < 1.29 is 70.5 Å². The molecule has 2 heterocycles. The second-order valence-electron chi connectivity index (χ2n) is 13.2. The summed E-state index contributed by atoms with van der Waals surface area (Å²) in [6, 6.07) is 6.34. The molecule has 10 nitrogen and oxygen atoms in total. The van der Waals surface area contributed by atoms with Gasteiger partial charge in [0, 0.05) is 30.5 Å². The quantitative estimate of drug-likeness (QED) is 0.0449. The van der Waals surface area contributed by atoms with E-state index in [9.17, 15) is 9.59 Å². The molecule has 1 amide bonds. The summed E-state index contributed by atoms with van der Waals surface area (Å²) in [5.41, 5.74) is 13.7. The van der Waals surface area contributed by atoms with Crippen LogP contribution in [0.5, 0.6) is 0 Å². The van der Waals surface area contributed by atoms with Gasteiger partial charge < -0.3 is 35.9 Å². The zero-order valence-corrected chi connectivity index (χ0v) is 32.1. The fraction of sp³-hybridized carbons (Fsp3) is 0.636. The molecule has 12 heteroatoms. The van der Waals surface area contributed by atoms with Gasteiger partial charge in [0.15, 0.2) is 0 Å². The number of hydrogen-bond acceptors (Lipinski definition) is 8. The van der Waals surface area contributed by atoms with Crippen molar-refractivity contribution in [2.75, 3.05) is 37.8 Å². The third-order valence-electron chi connectivity index (χ3n) is 7.55. The van der Waals surface area contributed by atoms with E-state index in [1.807, 2.05) is 27.7 Å². The third-order valence-corrected chi connectivity index (χ3v) is 7.88. The van der Waals surface area contributed by atoms with E-state index in [0.717, 1.165) is 79.0 Å². The van der Waals surface area contributed by atoms with Gasteiger partial charge in [0.2, 0.25) is 5.91 Å². The summed E-state index contributed by atoms with van der Waals surface area (Å²) in [4.78, 5) is 41.7. The molecule has 3 aromatic rings. The minimum absolute atomic E-state index is 0. The zero-order valence-electron chi connectivity index (χ0n) is 28.1. The van der Waals surface area contributed by atoms with Crippen LogP contribution in [0.3, 0.4) is 0 Å². The molecule has 0 aliphatic heterocycles. The Labute approximate surface area is 316 Å². The van der Waals surface area contributed by atoms with Gasteiger partial charge in [-0.25, -0.2) is 9.97 Å². The molecule has 1 unspecified atom stereocenters. The number of nitrogens with two attached hydrogens (primary N) is 1. The molecule has 0 aliphatic rings. The number of pyridine rings is 1. The van der Waals surface area contributed by atoms with E-state index in [4.69, 9.17) is 20.3 Å². The Bertz CT molecular complexity index is 1370. The largest absolute Gasteiger partial charge is 1.00 e. The smallest absolute Gasteiger partial charge is 0.533 e. The monoisotopic (exact) mass is 666 g/mol. The van der Waals surface area contributed by atoms with Gasteiger partial charge in [0.25, 0.3) is 0 Å². The zero-order chi connectivity index (χ0) is 32.2. The number of hydrogen-bond donors (Lipinski definition) is 4. The fourth-order valence-electron chi connectivity index (χ4n) is 4.83. The number of hydroxylamine groups is 1. The molecule has 244 valence electrons. The summed E-state index contributed by atoms with van der Waals surface area (Å²) < 4.78 is 5.83. The van der Waals surface area contributed by atoms with Crippen molar-refractivity contribution in [3.05, 3.63) is 35.1 Å². The maximum Gasteiger partial charge on any atom is 1.00 e. The van der Waals surface area contributed by atoms with Crippen molar-refractivity contribution in [2.45, 2.75) is 92.1 Å². The topological polar surface area (TPSA) is 146 Å². The number of aromatic nitrogens is 3. The van der Waals surface area contributed by atoms with Gasteiger partial charge in [-0.3, -0.25) is 4.79 Å². The second kappa shape index (κ2) is 19.7. The van der Waals surface area contributed by atoms with E-state index in [1.54, 1.807) is 0 Å². The number of carbonyl (C=O) groups is 2. The summed E-state index contributed by atoms with van der Waals surface area (Å²) in [6.07, 6.45) is 7.47. The van der Waals surface area contributed by atoms with Crippen molar-refractivity contribution in [1.29, 1.82) is 0 Å². The number of aldehydes is 1. The molecule has 0 saturated carbocycles. The summed E-state index contributed by atoms with van der Waals surface area (Å²) in [5, 5.41) is 3.96. The number of benzene rings is 1. The van der Waals surface area contributed by atoms with Gasteiger partial charge in [-0.2, -0.15) is 12.6 Å². The Morgan fingerprint density at radius 1 is 1.11 bits per heavy atom. The molecular weight excluding hydrogens is 616 g/mol. The van der Waals surface area contributed by atoms with Crippen LogP contribution in [0, 0.1) is 10.8 Å². The Balaban J connectivity index is 0.00000705. The average Bonchev–Trinajstić information content (AvgIpc) is 3.40. The number of nitrogens with one attached hydrogen (secondary N) is 2. The van der Waals surface area contributed by atoms with Gasteiger partial charge >= 0.3 is 51.4 Å². The molecule has 0 saturated heterocycles. The number of nitrogen functional groups attached to an aromatic ring is 1. The molecule has 1 aromatic carbocycles. The van der Waals surface area contributed by atoms with Crippen LogP contribution in [0.1, 0.15) is 84.5 Å². The predicted octanol–water partition coefficient (Wildman–Crippen LogP) is 3.13. The number of rotatable bonds is 21. The number of aryl methyl sites for hydroxylation is 2. The molecule has 0 fully saturated rings. The SMILES string of the molecule is CCCCc1nc2c([nH]1)c(N)nc1cc(CCCCCNC(=O)C(CS)O[N-]CC(C)(C)COCC(C)(C)CC=O)ccc12.[K+]. The Morgan fingerprint density at radius 3 is 2.58 bits per heavy atom.